The number of nitrogens with zero attached hydrogens (tertiary/aromatic N) is 2. The molecule has 4 rings (SSSR count). The minimum absolute atomic E-state index is 0.256. The topological polar surface area (TPSA) is 73.9 Å². The third-order valence-electron chi connectivity index (χ3n) is 5.97. The molecule has 2 aromatic carbocycles. The predicted molar refractivity (Wildman–Crippen MR) is 129 cm³/mol. The summed E-state index contributed by atoms with van der Waals surface area (Å²) in [5.74, 6) is -0.432. The van der Waals surface area contributed by atoms with Crippen molar-refractivity contribution in [2.75, 3.05) is 44.2 Å². The van der Waals surface area contributed by atoms with Crippen LogP contribution in [0.3, 0.4) is 0 Å². The van der Waals surface area contributed by atoms with Gasteiger partial charge in [-0.05, 0) is 49.2 Å². The average molecular weight is 469 g/mol. The van der Waals surface area contributed by atoms with Gasteiger partial charge in [-0.15, -0.1) is 0 Å². The highest BCUT2D eigenvalue weighted by molar-refractivity contribution is 6.30. The zero-order valence-electron chi connectivity index (χ0n) is 18.9. The molecule has 174 valence electrons. The number of ether oxygens (including phenoxy) is 1. The summed E-state index contributed by atoms with van der Waals surface area (Å²) in [4.78, 5) is 30.1. The van der Waals surface area contributed by atoms with Crippen molar-refractivity contribution in [3.63, 3.8) is 0 Å². The summed E-state index contributed by atoms with van der Waals surface area (Å²) < 4.78 is 5.36. The van der Waals surface area contributed by atoms with Crippen molar-refractivity contribution in [2.45, 2.75) is 19.9 Å². The van der Waals surface area contributed by atoms with Crippen molar-refractivity contribution in [3.8, 4) is 0 Å². The predicted octanol–water partition coefficient (Wildman–Crippen LogP) is 3.64. The van der Waals surface area contributed by atoms with Crippen molar-refractivity contribution in [1.29, 1.82) is 0 Å². The monoisotopic (exact) mass is 468 g/mol. The Kier molecular flexibility index (Phi) is 7.20. The molecular formula is C25H29ClN4O3. The van der Waals surface area contributed by atoms with Gasteiger partial charge < -0.3 is 20.3 Å². The number of halogens is 1. The number of amides is 2. The molecule has 0 aromatic heterocycles. The van der Waals surface area contributed by atoms with E-state index in [1.165, 1.54) is 11.3 Å². The molecule has 2 heterocycles. The number of nitrogens with one attached hydrogen (secondary N) is 2. The van der Waals surface area contributed by atoms with E-state index in [1.807, 2.05) is 12.1 Å². The number of urea groups is 1. The molecule has 2 N–H and O–H groups in total. The molecule has 33 heavy (non-hydrogen) atoms. The molecule has 2 aliphatic rings. The second-order valence-corrected chi connectivity index (χ2v) is 8.73. The molecule has 1 saturated heterocycles. The van der Waals surface area contributed by atoms with Crippen LogP contribution in [0.15, 0.2) is 59.8 Å². The number of aryl methyl sites for hydroxylation is 1. The fourth-order valence-corrected chi connectivity index (χ4v) is 4.44. The van der Waals surface area contributed by atoms with E-state index < -0.39 is 12.0 Å². The molecule has 1 atom stereocenters. The van der Waals surface area contributed by atoms with Crippen molar-refractivity contribution in [3.05, 3.63) is 76.0 Å². The summed E-state index contributed by atoms with van der Waals surface area (Å²) in [5.41, 5.74) is 4.25. The standard InChI is InChI=1S/C25H29ClN4O3/c1-3-33-24(31)22-21(27-25(32)28-23(22)18-7-9-19(26)10-8-18)16-29-11-13-30(14-12-29)20-6-4-5-17(2)15-20/h4-10,15,23H,3,11-14,16H2,1-2H3,(H2,27,28,32). The lowest BCUT2D eigenvalue weighted by Gasteiger charge is -2.38. The second kappa shape index (κ2) is 10.3. The normalized spacial score (nSPS) is 19.2. The summed E-state index contributed by atoms with van der Waals surface area (Å²) in [6, 6.07) is 14.7. The van der Waals surface area contributed by atoms with E-state index in [4.69, 9.17) is 16.3 Å². The lowest BCUT2D eigenvalue weighted by atomic mass is 9.95. The van der Waals surface area contributed by atoms with Gasteiger partial charge in [0.1, 0.15) is 0 Å². The number of carbonyl (C=O) groups is 2. The van der Waals surface area contributed by atoms with Gasteiger partial charge in [0.15, 0.2) is 0 Å². The molecule has 0 aliphatic carbocycles. The number of rotatable bonds is 6. The molecule has 1 unspecified atom stereocenters. The fraction of sp³-hybridized carbons (Fsp3) is 0.360. The highest BCUT2D eigenvalue weighted by atomic mass is 35.5. The summed E-state index contributed by atoms with van der Waals surface area (Å²) in [5, 5.41) is 6.32. The molecule has 2 aromatic rings. The third-order valence-corrected chi connectivity index (χ3v) is 6.23. The van der Waals surface area contributed by atoms with E-state index >= 15 is 0 Å². The van der Waals surface area contributed by atoms with Crippen LogP contribution in [0, 0.1) is 6.92 Å². The number of esters is 1. The summed E-state index contributed by atoms with van der Waals surface area (Å²) in [7, 11) is 0. The van der Waals surface area contributed by atoms with E-state index in [-0.39, 0.29) is 12.6 Å². The van der Waals surface area contributed by atoms with Gasteiger partial charge in [0.2, 0.25) is 0 Å². The SMILES string of the molecule is CCOC(=O)C1=C(CN2CCN(c3cccc(C)c3)CC2)NC(=O)NC1c1ccc(Cl)cc1. The Labute approximate surface area is 199 Å². The quantitative estimate of drug-likeness (QED) is 0.633. The summed E-state index contributed by atoms with van der Waals surface area (Å²) >= 11 is 6.04. The highest BCUT2D eigenvalue weighted by Crippen LogP contribution is 2.29. The second-order valence-electron chi connectivity index (χ2n) is 8.30. The van der Waals surface area contributed by atoms with E-state index in [9.17, 15) is 9.59 Å². The van der Waals surface area contributed by atoms with Gasteiger partial charge in [-0.3, -0.25) is 4.90 Å². The van der Waals surface area contributed by atoms with Crippen LogP contribution in [0.1, 0.15) is 24.1 Å². The first-order valence-corrected chi connectivity index (χ1v) is 11.6. The first-order valence-electron chi connectivity index (χ1n) is 11.2. The minimum atomic E-state index is -0.598. The number of carbonyl (C=O) groups excluding carboxylic acids is 2. The van der Waals surface area contributed by atoms with Crippen molar-refractivity contribution >= 4 is 29.3 Å². The zero-order chi connectivity index (χ0) is 23.4. The van der Waals surface area contributed by atoms with Crippen LogP contribution in [-0.4, -0.2) is 56.2 Å². The molecule has 1 fully saturated rings. The van der Waals surface area contributed by atoms with Crippen LogP contribution in [0.4, 0.5) is 10.5 Å². The van der Waals surface area contributed by atoms with Crippen LogP contribution in [0.2, 0.25) is 5.02 Å². The number of hydrogen-bond acceptors (Lipinski definition) is 5. The smallest absolute Gasteiger partial charge is 0.338 e. The minimum Gasteiger partial charge on any atom is -0.463 e. The van der Waals surface area contributed by atoms with Crippen molar-refractivity contribution in [1.82, 2.24) is 15.5 Å². The Hall–Kier alpha value is -3.03. The van der Waals surface area contributed by atoms with E-state index in [1.54, 1.807) is 19.1 Å². The Bertz CT molecular complexity index is 1050. The molecule has 0 radical (unpaired) electrons. The van der Waals surface area contributed by atoms with Gasteiger partial charge in [0.05, 0.1) is 18.2 Å². The molecule has 8 heteroatoms. The largest absolute Gasteiger partial charge is 0.463 e. The molecule has 0 bridgehead atoms. The van der Waals surface area contributed by atoms with Crippen LogP contribution in [0.25, 0.3) is 0 Å². The third kappa shape index (κ3) is 5.49. The Balaban J connectivity index is 1.55. The lowest BCUT2D eigenvalue weighted by molar-refractivity contribution is -0.139. The maximum atomic E-state index is 13.0. The fourth-order valence-electron chi connectivity index (χ4n) is 4.31. The molecule has 0 saturated carbocycles. The van der Waals surface area contributed by atoms with Gasteiger partial charge in [0, 0.05) is 49.1 Å². The summed E-state index contributed by atoms with van der Waals surface area (Å²) in [6.45, 7) is 7.98. The van der Waals surface area contributed by atoms with E-state index in [0.29, 0.717) is 22.8 Å². The number of hydrogen-bond donors (Lipinski definition) is 2. The summed E-state index contributed by atoms with van der Waals surface area (Å²) in [6.07, 6.45) is 0. The van der Waals surface area contributed by atoms with Gasteiger partial charge in [-0.1, -0.05) is 35.9 Å². The first kappa shape index (κ1) is 23.1. The zero-order valence-corrected chi connectivity index (χ0v) is 19.7. The maximum Gasteiger partial charge on any atom is 0.338 e. The highest BCUT2D eigenvalue weighted by Gasteiger charge is 2.34. The van der Waals surface area contributed by atoms with Crippen LogP contribution < -0.4 is 15.5 Å². The first-order chi connectivity index (χ1) is 15.9. The molecule has 2 aliphatic heterocycles. The Morgan fingerprint density at radius 2 is 1.85 bits per heavy atom. The van der Waals surface area contributed by atoms with Crippen LogP contribution in [0.5, 0.6) is 0 Å². The van der Waals surface area contributed by atoms with E-state index in [2.05, 4.69) is 51.6 Å². The van der Waals surface area contributed by atoms with Gasteiger partial charge in [-0.2, -0.15) is 0 Å². The molecule has 0 spiro atoms. The van der Waals surface area contributed by atoms with Crippen molar-refractivity contribution < 1.29 is 14.3 Å². The van der Waals surface area contributed by atoms with Crippen molar-refractivity contribution in [2.24, 2.45) is 0 Å². The Morgan fingerprint density at radius 1 is 1.12 bits per heavy atom. The number of anilines is 1. The molecular weight excluding hydrogens is 440 g/mol. The molecule has 7 nitrogen and oxygen atoms in total. The van der Waals surface area contributed by atoms with Crippen LogP contribution in [-0.2, 0) is 9.53 Å². The van der Waals surface area contributed by atoms with Gasteiger partial charge >= 0.3 is 12.0 Å². The Morgan fingerprint density at radius 3 is 2.52 bits per heavy atom. The number of piperazine rings is 1. The maximum absolute atomic E-state index is 13.0. The van der Waals surface area contributed by atoms with Crippen LogP contribution >= 0.6 is 11.6 Å². The van der Waals surface area contributed by atoms with Gasteiger partial charge in [0.25, 0.3) is 0 Å². The molecule has 2 amide bonds. The lowest BCUT2D eigenvalue weighted by Crippen LogP contribution is -2.51. The number of benzene rings is 2. The average Bonchev–Trinajstić information content (AvgIpc) is 2.80. The van der Waals surface area contributed by atoms with E-state index in [0.717, 1.165) is 31.7 Å². The van der Waals surface area contributed by atoms with Gasteiger partial charge in [-0.25, -0.2) is 9.59 Å².